The van der Waals surface area contributed by atoms with Crippen LogP contribution in [0.2, 0.25) is 0 Å². The molecule has 3 rings (SSSR count). The number of nitrogens with zero attached hydrogens (tertiary/aromatic N) is 2. The maximum absolute atomic E-state index is 12.9. The fourth-order valence-corrected chi connectivity index (χ4v) is 4.19. The molecular formula is C22H27N3O6. The summed E-state index contributed by atoms with van der Waals surface area (Å²) >= 11 is 0. The van der Waals surface area contributed by atoms with E-state index in [-0.39, 0.29) is 18.9 Å². The van der Waals surface area contributed by atoms with Gasteiger partial charge in [0.25, 0.3) is 0 Å². The summed E-state index contributed by atoms with van der Waals surface area (Å²) in [6.45, 7) is 2.21. The van der Waals surface area contributed by atoms with E-state index in [9.17, 15) is 19.2 Å². The van der Waals surface area contributed by atoms with E-state index in [1.165, 1.54) is 31.3 Å². The normalized spacial score (nSPS) is 19.0. The molecule has 1 fully saturated rings. The lowest BCUT2D eigenvalue weighted by Crippen LogP contribution is -2.61. The average molecular weight is 429 g/mol. The highest BCUT2D eigenvalue weighted by molar-refractivity contribution is 5.96. The molecule has 1 N–H and O–H groups in total. The van der Waals surface area contributed by atoms with Gasteiger partial charge in [-0.2, -0.15) is 0 Å². The molecule has 0 radical (unpaired) electrons. The molecule has 2 heterocycles. The van der Waals surface area contributed by atoms with Crippen molar-refractivity contribution in [3.05, 3.63) is 48.3 Å². The molecule has 1 saturated heterocycles. The van der Waals surface area contributed by atoms with E-state index in [4.69, 9.17) is 9.47 Å². The molecule has 1 atom stereocenters. The Morgan fingerprint density at radius 1 is 1.13 bits per heavy atom. The van der Waals surface area contributed by atoms with Gasteiger partial charge in [0, 0.05) is 12.4 Å². The van der Waals surface area contributed by atoms with Gasteiger partial charge in [0.15, 0.2) is 5.78 Å². The molecule has 0 spiro atoms. The van der Waals surface area contributed by atoms with Gasteiger partial charge in [-0.05, 0) is 38.4 Å². The highest BCUT2D eigenvalue weighted by Crippen LogP contribution is 2.38. The summed E-state index contributed by atoms with van der Waals surface area (Å²) in [6.07, 6.45) is 2.83. The second-order valence-corrected chi connectivity index (χ2v) is 7.68. The standard InChI is InChI=1S/C22H27N3O6/c1-16(26)19(22(20(28)30-2)8-10-23-11-9-22)25-13-12-24(14-18(25)27)21(29)31-15-17-6-4-3-5-7-17/h3-7,12-13,19,23H,8-11,14-15H2,1-2H3. The molecule has 1 aromatic carbocycles. The van der Waals surface area contributed by atoms with Crippen LogP contribution in [0, 0.1) is 5.41 Å². The van der Waals surface area contributed by atoms with Crippen molar-refractivity contribution in [2.24, 2.45) is 5.41 Å². The molecule has 9 nitrogen and oxygen atoms in total. The van der Waals surface area contributed by atoms with E-state index >= 15 is 0 Å². The minimum Gasteiger partial charge on any atom is -0.469 e. The van der Waals surface area contributed by atoms with Gasteiger partial charge >= 0.3 is 12.1 Å². The Morgan fingerprint density at radius 2 is 1.81 bits per heavy atom. The minimum atomic E-state index is -1.14. The Bertz CT molecular complexity index is 863. The second kappa shape index (κ2) is 9.74. The Hall–Kier alpha value is -3.20. The molecule has 9 heteroatoms. The van der Waals surface area contributed by atoms with E-state index in [1.807, 2.05) is 30.3 Å². The third-order valence-corrected chi connectivity index (χ3v) is 5.71. The number of nitrogens with one attached hydrogen (secondary N) is 1. The molecule has 0 aliphatic carbocycles. The monoisotopic (exact) mass is 429 g/mol. The van der Waals surface area contributed by atoms with Gasteiger partial charge in [0.1, 0.15) is 19.2 Å². The van der Waals surface area contributed by atoms with Crippen LogP contribution in [0.4, 0.5) is 4.79 Å². The van der Waals surface area contributed by atoms with Crippen molar-refractivity contribution in [2.45, 2.75) is 32.4 Å². The van der Waals surface area contributed by atoms with Gasteiger partial charge in [-0.25, -0.2) is 4.79 Å². The average Bonchev–Trinajstić information content (AvgIpc) is 2.79. The van der Waals surface area contributed by atoms with Crippen molar-refractivity contribution in [1.82, 2.24) is 15.1 Å². The molecular weight excluding hydrogens is 402 g/mol. The highest BCUT2D eigenvalue weighted by atomic mass is 16.6. The van der Waals surface area contributed by atoms with Crippen LogP contribution in [-0.4, -0.2) is 66.3 Å². The largest absolute Gasteiger partial charge is 0.469 e. The van der Waals surface area contributed by atoms with Gasteiger partial charge in [0.2, 0.25) is 5.91 Å². The Kier molecular flexibility index (Phi) is 7.06. The fraction of sp³-hybridized carbons (Fsp3) is 0.455. The van der Waals surface area contributed by atoms with Crippen LogP contribution in [0.3, 0.4) is 0 Å². The number of hydrogen-bond donors (Lipinski definition) is 1. The number of ketones is 1. The van der Waals surface area contributed by atoms with Crippen molar-refractivity contribution in [1.29, 1.82) is 0 Å². The molecule has 2 aliphatic heterocycles. The number of methoxy groups -OCH3 is 1. The number of esters is 1. The van der Waals surface area contributed by atoms with Crippen molar-refractivity contribution >= 4 is 23.8 Å². The lowest BCUT2D eigenvalue weighted by molar-refractivity contribution is -0.164. The van der Waals surface area contributed by atoms with Crippen molar-refractivity contribution in [2.75, 3.05) is 26.7 Å². The molecule has 0 bridgehead atoms. The molecule has 0 aromatic heterocycles. The predicted molar refractivity (Wildman–Crippen MR) is 110 cm³/mol. The fourth-order valence-electron chi connectivity index (χ4n) is 4.19. The lowest BCUT2D eigenvalue weighted by atomic mass is 9.70. The molecule has 1 aromatic rings. The predicted octanol–water partition coefficient (Wildman–Crippen LogP) is 1.44. The van der Waals surface area contributed by atoms with E-state index < -0.39 is 29.4 Å². The third kappa shape index (κ3) is 4.77. The van der Waals surface area contributed by atoms with Gasteiger partial charge < -0.3 is 19.7 Å². The van der Waals surface area contributed by atoms with Crippen LogP contribution in [0.5, 0.6) is 0 Å². The quantitative estimate of drug-likeness (QED) is 0.682. The summed E-state index contributed by atoms with van der Waals surface area (Å²) in [5.41, 5.74) is -0.311. The number of carbonyl (C=O) groups is 4. The first-order chi connectivity index (χ1) is 14.9. The van der Waals surface area contributed by atoms with Crippen LogP contribution < -0.4 is 5.32 Å². The van der Waals surface area contributed by atoms with E-state index in [2.05, 4.69) is 5.32 Å². The maximum Gasteiger partial charge on any atom is 0.414 e. The summed E-state index contributed by atoms with van der Waals surface area (Å²) in [6, 6.07) is 8.19. The van der Waals surface area contributed by atoms with Gasteiger partial charge in [-0.15, -0.1) is 0 Å². The molecule has 0 saturated carbocycles. The van der Waals surface area contributed by atoms with Crippen molar-refractivity contribution in [3.63, 3.8) is 0 Å². The minimum absolute atomic E-state index is 0.0798. The smallest absolute Gasteiger partial charge is 0.414 e. The molecule has 166 valence electrons. The second-order valence-electron chi connectivity index (χ2n) is 7.68. The SMILES string of the molecule is COC(=O)C1(C(C(C)=O)N2C=CN(C(=O)OCc3ccccc3)CC2=O)CCNCC1. The summed E-state index contributed by atoms with van der Waals surface area (Å²) in [4.78, 5) is 53.1. The van der Waals surface area contributed by atoms with Gasteiger partial charge in [-0.3, -0.25) is 19.3 Å². The van der Waals surface area contributed by atoms with E-state index in [0.29, 0.717) is 25.9 Å². The Labute approximate surface area is 181 Å². The first kappa shape index (κ1) is 22.5. The topological polar surface area (TPSA) is 105 Å². The highest BCUT2D eigenvalue weighted by Gasteiger charge is 2.53. The number of amides is 2. The molecule has 31 heavy (non-hydrogen) atoms. The first-order valence-corrected chi connectivity index (χ1v) is 10.2. The van der Waals surface area contributed by atoms with E-state index in [1.54, 1.807) is 0 Å². The molecule has 2 aliphatic rings. The van der Waals surface area contributed by atoms with Crippen LogP contribution in [0.1, 0.15) is 25.3 Å². The summed E-state index contributed by atoms with van der Waals surface area (Å²) in [7, 11) is 1.28. The summed E-state index contributed by atoms with van der Waals surface area (Å²) in [5.74, 6) is -1.30. The van der Waals surface area contributed by atoms with Crippen LogP contribution >= 0.6 is 0 Å². The zero-order valence-corrected chi connectivity index (χ0v) is 17.7. The van der Waals surface area contributed by atoms with Crippen molar-refractivity contribution in [3.8, 4) is 0 Å². The van der Waals surface area contributed by atoms with Crippen LogP contribution in [0.25, 0.3) is 0 Å². The number of Topliss-reactive ketones (excluding diaryl/α,β-unsaturated/α-hetero) is 1. The zero-order chi connectivity index (χ0) is 22.4. The zero-order valence-electron chi connectivity index (χ0n) is 17.7. The van der Waals surface area contributed by atoms with E-state index in [0.717, 1.165) is 10.5 Å². The first-order valence-electron chi connectivity index (χ1n) is 10.2. The maximum atomic E-state index is 12.9. The molecule has 1 unspecified atom stereocenters. The molecule has 2 amide bonds. The third-order valence-electron chi connectivity index (χ3n) is 5.71. The Morgan fingerprint density at radius 3 is 2.39 bits per heavy atom. The van der Waals surface area contributed by atoms with Crippen molar-refractivity contribution < 1.29 is 28.7 Å². The van der Waals surface area contributed by atoms with Crippen LogP contribution in [0.15, 0.2) is 42.7 Å². The number of rotatable bonds is 6. The van der Waals surface area contributed by atoms with Crippen LogP contribution in [-0.2, 0) is 30.5 Å². The Balaban J connectivity index is 1.77. The number of piperidine rings is 1. The lowest BCUT2D eigenvalue weighted by Gasteiger charge is -2.45. The van der Waals surface area contributed by atoms with Gasteiger partial charge in [-0.1, -0.05) is 30.3 Å². The number of carbonyl (C=O) groups excluding carboxylic acids is 4. The summed E-state index contributed by atoms with van der Waals surface area (Å²) in [5, 5.41) is 3.17. The van der Waals surface area contributed by atoms with Gasteiger partial charge in [0.05, 0.1) is 12.5 Å². The number of ether oxygens (including phenoxy) is 2. The number of hydrogen-bond acceptors (Lipinski definition) is 7. The number of benzene rings is 1. The summed E-state index contributed by atoms with van der Waals surface area (Å²) < 4.78 is 10.3.